The van der Waals surface area contributed by atoms with Gasteiger partial charge in [0.2, 0.25) is 0 Å². The van der Waals surface area contributed by atoms with E-state index in [2.05, 4.69) is 108 Å². The van der Waals surface area contributed by atoms with E-state index in [0.29, 0.717) is 0 Å². The van der Waals surface area contributed by atoms with Crippen LogP contribution in [0.25, 0.3) is 0 Å². The van der Waals surface area contributed by atoms with Gasteiger partial charge in [-0.05, 0) is 78.0 Å². The second-order valence-corrected chi connectivity index (χ2v) is 10.0. The fourth-order valence-corrected chi connectivity index (χ4v) is 3.87. The highest BCUT2D eigenvalue weighted by atomic mass is 14.3. The third-order valence-corrected chi connectivity index (χ3v) is 5.76. The van der Waals surface area contributed by atoms with Crippen LogP contribution in [0, 0.1) is 29.6 Å². The maximum absolute atomic E-state index is 3.24. The quantitative estimate of drug-likeness (QED) is 0.400. The summed E-state index contributed by atoms with van der Waals surface area (Å²) in [5, 5.41) is 0. The topological polar surface area (TPSA) is 0 Å². The van der Waals surface area contributed by atoms with Crippen LogP contribution in [0.2, 0.25) is 0 Å². The molecule has 178 valence electrons. The van der Waals surface area contributed by atoms with Crippen molar-refractivity contribution in [3.63, 3.8) is 0 Å². The first-order valence-electron chi connectivity index (χ1n) is 12.7. The van der Waals surface area contributed by atoms with Gasteiger partial charge in [0.25, 0.3) is 0 Å². The molecule has 0 aromatic heterocycles. The second kappa shape index (κ2) is 13.3. The minimum absolute atomic E-state index is 0.190. The monoisotopic (exact) mass is 442 g/mol. The van der Waals surface area contributed by atoms with Gasteiger partial charge in [-0.1, -0.05) is 122 Å². The van der Waals surface area contributed by atoms with Crippen LogP contribution >= 0.6 is 0 Å². The van der Waals surface area contributed by atoms with E-state index in [0.717, 1.165) is 24.8 Å². The molecule has 0 amide bonds. The molecule has 2 aliphatic carbocycles. The lowest BCUT2D eigenvalue weighted by molar-refractivity contribution is 0.475. The number of hydrogen-bond acceptors (Lipinski definition) is 0. The second-order valence-electron chi connectivity index (χ2n) is 10.0. The summed E-state index contributed by atoms with van der Waals surface area (Å²) in [4.78, 5) is 0. The number of benzene rings is 1. The molecular formula is C33H46. The van der Waals surface area contributed by atoms with Crippen LogP contribution in [-0.2, 0) is 0 Å². The Balaban J connectivity index is 0.00000129. The molecular weight excluding hydrogens is 396 g/mol. The lowest BCUT2D eigenvalue weighted by Gasteiger charge is -2.30. The maximum atomic E-state index is 3.24. The van der Waals surface area contributed by atoms with Crippen LogP contribution < -0.4 is 0 Å². The minimum atomic E-state index is 0.190. The lowest BCUT2D eigenvalue weighted by atomic mass is 9.75. The Kier molecular flexibility index (Phi) is 11.4. The first-order chi connectivity index (χ1) is 15.6. The lowest BCUT2D eigenvalue weighted by Crippen LogP contribution is -2.15. The molecule has 0 spiro atoms. The first kappa shape index (κ1) is 28.5. The zero-order valence-corrected chi connectivity index (χ0v) is 22.9. The van der Waals surface area contributed by atoms with Gasteiger partial charge in [-0.25, -0.2) is 0 Å². The predicted octanol–water partition coefficient (Wildman–Crippen LogP) is 9.93. The average Bonchev–Trinajstić information content (AvgIpc) is 2.80. The van der Waals surface area contributed by atoms with Gasteiger partial charge in [-0.2, -0.15) is 0 Å². The number of allylic oxidation sites excluding steroid dienone is 10. The van der Waals surface area contributed by atoms with Crippen LogP contribution in [0.5, 0.6) is 0 Å². The van der Waals surface area contributed by atoms with E-state index in [1.165, 1.54) is 22.3 Å². The Morgan fingerprint density at radius 3 is 2.09 bits per heavy atom. The molecule has 0 aliphatic heterocycles. The van der Waals surface area contributed by atoms with E-state index in [-0.39, 0.29) is 10.8 Å². The summed E-state index contributed by atoms with van der Waals surface area (Å²) < 4.78 is 0. The molecule has 0 unspecified atom stereocenters. The molecule has 3 rings (SSSR count). The van der Waals surface area contributed by atoms with Crippen molar-refractivity contribution < 1.29 is 0 Å². The molecule has 0 heterocycles. The molecule has 0 bridgehead atoms. The van der Waals surface area contributed by atoms with Gasteiger partial charge in [0.15, 0.2) is 0 Å². The Labute approximate surface area is 205 Å². The Morgan fingerprint density at radius 2 is 1.55 bits per heavy atom. The smallest absolute Gasteiger partial charge is 0.0249 e. The van der Waals surface area contributed by atoms with Crippen molar-refractivity contribution in [3.05, 3.63) is 94.1 Å². The van der Waals surface area contributed by atoms with Crippen molar-refractivity contribution in [1.29, 1.82) is 0 Å². The summed E-state index contributed by atoms with van der Waals surface area (Å²) in [6.07, 6.45) is 17.1. The third-order valence-electron chi connectivity index (χ3n) is 5.76. The zero-order chi connectivity index (χ0) is 25.1. The van der Waals surface area contributed by atoms with Crippen molar-refractivity contribution >= 4 is 0 Å². The Hall–Kier alpha value is -2.52. The van der Waals surface area contributed by atoms with Gasteiger partial charge in [-0.15, -0.1) is 0 Å². The van der Waals surface area contributed by atoms with E-state index in [1.807, 2.05) is 33.8 Å². The molecule has 0 nitrogen and oxygen atoms in total. The fraction of sp³-hybridized carbons (Fsp3) is 0.455. The summed E-state index contributed by atoms with van der Waals surface area (Å²) >= 11 is 0. The number of aryl methyl sites for hydroxylation is 1. The van der Waals surface area contributed by atoms with E-state index in [9.17, 15) is 0 Å². The van der Waals surface area contributed by atoms with Crippen LogP contribution in [-0.4, -0.2) is 0 Å². The highest BCUT2D eigenvalue weighted by molar-refractivity contribution is 5.57. The molecule has 0 fully saturated rings. The van der Waals surface area contributed by atoms with Gasteiger partial charge in [-0.3, -0.25) is 0 Å². The molecule has 0 heteroatoms. The van der Waals surface area contributed by atoms with Crippen molar-refractivity contribution in [3.8, 4) is 11.8 Å². The van der Waals surface area contributed by atoms with Gasteiger partial charge in [0, 0.05) is 5.56 Å². The van der Waals surface area contributed by atoms with E-state index in [1.54, 1.807) is 5.57 Å². The largest absolute Gasteiger partial charge is 0.0756 e. The summed E-state index contributed by atoms with van der Waals surface area (Å²) in [6, 6.07) is 8.37. The van der Waals surface area contributed by atoms with Gasteiger partial charge in [0.05, 0.1) is 0 Å². The molecule has 0 saturated carbocycles. The fourth-order valence-electron chi connectivity index (χ4n) is 3.87. The molecule has 33 heavy (non-hydrogen) atoms. The van der Waals surface area contributed by atoms with Gasteiger partial charge >= 0.3 is 0 Å². The van der Waals surface area contributed by atoms with Crippen LogP contribution in [0.4, 0.5) is 0 Å². The van der Waals surface area contributed by atoms with Gasteiger partial charge < -0.3 is 0 Å². The SMILES string of the molecule is CC.CC.Cc1ccc(C#C/C=C/C2=CC(C)(C)CC=C2C2=CC=C(C(C)(C)C)CC2)cc1. The third kappa shape index (κ3) is 9.09. The Bertz CT molecular complexity index is 965. The summed E-state index contributed by atoms with van der Waals surface area (Å²) in [5.74, 6) is 6.46. The summed E-state index contributed by atoms with van der Waals surface area (Å²) in [5.41, 5.74) is 8.47. The molecule has 1 aromatic carbocycles. The highest BCUT2D eigenvalue weighted by Crippen LogP contribution is 2.40. The van der Waals surface area contributed by atoms with E-state index < -0.39 is 0 Å². The zero-order valence-electron chi connectivity index (χ0n) is 22.9. The highest BCUT2D eigenvalue weighted by Gasteiger charge is 2.24. The molecule has 0 saturated heterocycles. The van der Waals surface area contributed by atoms with Gasteiger partial charge in [0.1, 0.15) is 0 Å². The maximum Gasteiger partial charge on any atom is 0.0249 e. The molecule has 0 N–H and O–H groups in total. The van der Waals surface area contributed by atoms with Crippen molar-refractivity contribution in [2.75, 3.05) is 0 Å². The standard InChI is InChI=1S/C29H34.2C2H6/c1-22-11-13-23(14-12-22)9-7-8-10-25-21-29(5,6)20-19-27(25)24-15-17-26(18-16-24)28(2,3)4;2*1-2/h8,10-15,17,19,21H,16,18,20H2,1-6H3;2*1-2H3/b10-8+;;. The van der Waals surface area contributed by atoms with E-state index in [4.69, 9.17) is 0 Å². The first-order valence-corrected chi connectivity index (χ1v) is 12.7. The van der Waals surface area contributed by atoms with Crippen LogP contribution in [0.3, 0.4) is 0 Å². The molecule has 1 aromatic rings. The molecule has 0 atom stereocenters. The normalized spacial score (nSPS) is 17.0. The number of hydrogen-bond donors (Lipinski definition) is 0. The van der Waals surface area contributed by atoms with Crippen molar-refractivity contribution in [2.24, 2.45) is 10.8 Å². The van der Waals surface area contributed by atoms with Crippen molar-refractivity contribution in [1.82, 2.24) is 0 Å². The minimum Gasteiger partial charge on any atom is -0.0756 e. The summed E-state index contributed by atoms with van der Waals surface area (Å²) in [7, 11) is 0. The van der Waals surface area contributed by atoms with Crippen LogP contribution in [0.1, 0.15) is 92.7 Å². The predicted molar refractivity (Wildman–Crippen MR) is 149 cm³/mol. The average molecular weight is 443 g/mol. The number of rotatable bonds is 2. The van der Waals surface area contributed by atoms with Crippen LogP contribution in [0.15, 0.2) is 83.0 Å². The summed E-state index contributed by atoms with van der Waals surface area (Å²) in [6.45, 7) is 21.6. The molecule has 0 radical (unpaired) electrons. The van der Waals surface area contributed by atoms with Crippen molar-refractivity contribution in [2.45, 2.75) is 88.5 Å². The van der Waals surface area contributed by atoms with E-state index >= 15 is 0 Å². The Morgan fingerprint density at radius 1 is 0.909 bits per heavy atom. The molecule has 2 aliphatic rings.